The lowest BCUT2D eigenvalue weighted by Crippen LogP contribution is -2.52. The molecule has 2 aromatic heterocycles. The Balaban J connectivity index is 1.67. The summed E-state index contributed by atoms with van der Waals surface area (Å²) < 4.78 is 2.11. The molecule has 0 spiro atoms. The van der Waals surface area contributed by atoms with Crippen LogP contribution in [0, 0.1) is 5.92 Å². The van der Waals surface area contributed by atoms with E-state index in [0.29, 0.717) is 12.0 Å². The first kappa shape index (κ1) is 12.1. The van der Waals surface area contributed by atoms with Gasteiger partial charge < -0.3 is 5.32 Å². The van der Waals surface area contributed by atoms with E-state index in [1.54, 1.807) is 11.3 Å². The van der Waals surface area contributed by atoms with Crippen molar-refractivity contribution >= 4 is 16.3 Å². The highest BCUT2D eigenvalue weighted by Crippen LogP contribution is 2.15. The number of imidazole rings is 1. The van der Waals surface area contributed by atoms with Gasteiger partial charge in [0.2, 0.25) is 0 Å². The van der Waals surface area contributed by atoms with Crippen LogP contribution in [-0.2, 0) is 6.54 Å². The number of aromatic nitrogens is 2. The molecule has 1 atom stereocenters. The highest BCUT2D eigenvalue weighted by molar-refractivity contribution is 7.15. The van der Waals surface area contributed by atoms with Gasteiger partial charge in [-0.1, -0.05) is 13.8 Å². The Morgan fingerprint density at radius 2 is 2.44 bits per heavy atom. The number of nitrogens with one attached hydrogen (secondary N) is 1. The molecule has 1 aliphatic heterocycles. The number of hydrogen-bond acceptors (Lipinski definition) is 4. The van der Waals surface area contributed by atoms with E-state index in [1.807, 2.05) is 0 Å². The lowest BCUT2D eigenvalue weighted by atomic mass is 10.0. The predicted molar refractivity (Wildman–Crippen MR) is 75.0 cm³/mol. The molecule has 4 nitrogen and oxygen atoms in total. The molecule has 2 aromatic rings. The summed E-state index contributed by atoms with van der Waals surface area (Å²) in [5, 5.41) is 5.67. The van der Waals surface area contributed by atoms with Crippen LogP contribution in [0.2, 0.25) is 0 Å². The number of nitrogens with zero attached hydrogens (tertiary/aromatic N) is 3. The van der Waals surface area contributed by atoms with Crippen molar-refractivity contribution in [3.05, 3.63) is 23.5 Å². The molecule has 1 unspecified atom stereocenters. The van der Waals surface area contributed by atoms with Gasteiger partial charge in [0.15, 0.2) is 4.96 Å². The molecule has 0 aliphatic carbocycles. The van der Waals surface area contributed by atoms with Crippen molar-refractivity contribution in [1.82, 2.24) is 19.6 Å². The normalized spacial score (nSPS) is 22.1. The first-order chi connectivity index (χ1) is 8.72. The zero-order valence-electron chi connectivity index (χ0n) is 11.0. The summed E-state index contributed by atoms with van der Waals surface area (Å²) in [6.07, 6.45) is 4.23. The topological polar surface area (TPSA) is 32.6 Å². The molecule has 1 aliphatic rings. The van der Waals surface area contributed by atoms with Crippen molar-refractivity contribution in [1.29, 1.82) is 0 Å². The fraction of sp³-hybridized carbons (Fsp3) is 0.615. The molecule has 0 bridgehead atoms. The van der Waals surface area contributed by atoms with Crippen molar-refractivity contribution in [2.24, 2.45) is 5.92 Å². The highest BCUT2D eigenvalue weighted by Gasteiger charge is 2.22. The number of piperazine rings is 1. The number of hydrogen-bond donors (Lipinski definition) is 1. The summed E-state index contributed by atoms with van der Waals surface area (Å²) in [5.41, 5.74) is 1.19. The first-order valence-electron chi connectivity index (χ1n) is 6.59. The number of fused-ring (bicyclic) bond motifs is 1. The molecule has 0 saturated carbocycles. The third-order valence-electron chi connectivity index (χ3n) is 3.62. The molecule has 3 rings (SSSR count). The van der Waals surface area contributed by atoms with Crippen LogP contribution in [0.1, 0.15) is 19.5 Å². The van der Waals surface area contributed by atoms with Crippen LogP contribution in [0.25, 0.3) is 4.96 Å². The van der Waals surface area contributed by atoms with Gasteiger partial charge in [-0.15, -0.1) is 11.3 Å². The minimum atomic E-state index is 0.613. The average molecular weight is 264 g/mol. The summed E-state index contributed by atoms with van der Waals surface area (Å²) in [6, 6.07) is 0.613. The maximum atomic E-state index is 4.66. The van der Waals surface area contributed by atoms with E-state index in [9.17, 15) is 0 Å². The van der Waals surface area contributed by atoms with E-state index in [1.165, 1.54) is 5.69 Å². The van der Waals surface area contributed by atoms with Crippen molar-refractivity contribution in [3.8, 4) is 0 Å². The van der Waals surface area contributed by atoms with E-state index >= 15 is 0 Å². The van der Waals surface area contributed by atoms with E-state index in [2.05, 4.69) is 51.2 Å². The highest BCUT2D eigenvalue weighted by atomic mass is 32.1. The molecule has 5 heteroatoms. The molecule has 0 aromatic carbocycles. The summed E-state index contributed by atoms with van der Waals surface area (Å²) in [5.74, 6) is 0.693. The van der Waals surface area contributed by atoms with Crippen LogP contribution in [-0.4, -0.2) is 40.0 Å². The van der Waals surface area contributed by atoms with Crippen LogP contribution in [0.4, 0.5) is 0 Å². The lowest BCUT2D eigenvalue weighted by molar-refractivity contribution is 0.167. The summed E-state index contributed by atoms with van der Waals surface area (Å²) in [6.45, 7) is 8.88. The third-order valence-corrected chi connectivity index (χ3v) is 4.39. The van der Waals surface area contributed by atoms with Gasteiger partial charge in [0.05, 0.1) is 5.69 Å². The SMILES string of the molecule is CC(C)C1CN(Cc2cn3ccsc3n2)CCN1. The Morgan fingerprint density at radius 3 is 3.22 bits per heavy atom. The van der Waals surface area contributed by atoms with E-state index < -0.39 is 0 Å². The van der Waals surface area contributed by atoms with Gasteiger partial charge in [-0.25, -0.2) is 4.98 Å². The largest absolute Gasteiger partial charge is 0.311 e. The molecule has 3 heterocycles. The van der Waals surface area contributed by atoms with Gasteiger partial charge in [-0.05, 0) is 5.92 Å². The van der Waals surface area contributed by atoms with Crippen LogP contribution in [0.3, 0.4) is 0 Å². The summed E-state index contributed by atoms with van der Waals surface area (Å²) in [7, 11) is 0. The van der Waals surface area contributed by atoms with Gasteiger partial charge in [-0.2, -0.15) is 0 Å². The molecular formula is C13H20N4S. The Morgan fingerprint density at radius 1 is 1.56 bits per heavy atom. The van der Waals surface area contributed by atoms with Gasteiger partial charge in [0.25, 0.3) is 0 Å². The minimum Gasteiger partial charge on any atom is -0.311 e. The van der Waals surface area contributed by atoms with Crippen molar-refractivity contribution in [2.75, 3.05) is 19.6 Å². The molecular weight excluding hydrogens is 244 g/mol. The van der Waals surface area contributed by atoms with Crippen LogP contribution in [0.5, 0.6) is 0 Å². The smallest absolute Gasteiger partial charge is 0.193 e. The minimum absolute atomic E-state index is 0.613. The monoisotopic (exact) mass is 264 g/mol. The van der Waals surface area contributed by atoms with Crippen LogP contribution < -0.4 is 5.32 Å². The number of thiazole rings is 1. The molecule has 98 valence electrons. The maximum Gasteiger partial charge on any atom is 0.193 e. The Labute approximate surface area is 112 Å². The fourth-order valence-corrected chi connectivity index (χ4v) is 3.23. The second kappa shape index (κ2) is 4.99. The quantitative estimate of drug-likeness (QED) is 0.918. The predicted octanol–water partition coefficient (Wildman–Crippen LogP) is 1.83. The fourth-order valence-electron chi connectivity index (χ4n) is 2.51. The Kier molecular flexibility index (Phi) is 3.37. The van der Waals surface area contributed by atoms with Gasteiger partial charge in [0, 0.05) is 50.0 Å². The molecule has 1 fully saturated rings. The van der Waals surface area contributed by atoms with Crippen LogP contribution >= 0.6 is 11.3 Å². The first-order valence-corrected chi connectivity index (χ1v) is 7.47. The van der Waals surface area contributed by atoms with E-state index in [4.69, 9.17) is 0 Å². The molecule has 0 radical (unpaired) electrons. The zero-order valence-corrected chi connectivity index (χ0v) is 11.8. The van der Waals surface area contributed by atoms with Crippen LogP contribution in [0.15, 0.2) is 17.8 Å². The van der Waals surface area contributed by atoms with Gasteiger partial charge in [0.1, 0.15) is 0 Å². The third kappa shape index (κ3) is 2.43. The zero-order chi connectivity index (χ0) is 12.5. The standard InChI is InChI=1S/C13H20N4S/c1-10(2)12-9-16(4-3-14-12)7-11-8-17-5-6-18-13(17)15-11/h5-6,8,10,12,14H,3-4,7,9H2,1-2H3. The Hall–Kier alpha value is -0.910. The molecule has 18 heavy (non-hydrogen) atoms. The second-order valence-corrected chi connectivity index (χ2v) is 6.24. The van der Waals surface area contributed by atoms with E-state index in [-0.39, 0.29) is 0 Å². The summed E-state index contributed by atoms with van der Waals surface area (Å²) in [4.78, 5) is 8.26. The number of rotatable bonds is 3. The lowest BCUT2D eigenvalue weighted by Gasteiger charge is -2.35. The van der Waals surface area contributed by atoms with Crippen molar-refractivity contribution < 1.29 is 0 Å². The maximum absolute atomic E-state index is 4.66. The summed E-state index contributed by atoms with van der Waals surface area (Å²) >= 11 is 1.70. The molecule has 1 saturated heterocycles. The molecule has 0 amide bonds. The van der Waals surface area contributed by atoms with Crippen molar-refractivity contribution in [2.45, 2.75) is 26.4 Å². The van der Waals surface area contributed by atoms with Crippen molar-refractivity contribution in [3.63, 3.8) is 0 Å². The molecule has 1 N–H and O–H groups in total. The Bertz CT molecular complexity index is 487. The second-order valence-electron chi connectivity index (χ2n) is 5.36. The van der Waals surface area contributed by atoms with Gasteiger partial charge >= 0.3 is 0 Å². The van der Waals surface area contributed by atoms with E-state index in [0.717, 1.165) is 31.1 Å². The van der Waals surface area contributed by atoms with Gasteiger partial charge in [-0.3, -0.25) is 9.30 Å². The average Bonchev–Trinajstić information content (AvgIpc) is 2.90.